The van der Waals surface area contributed by atoms with Gasteiger partial charge in [-0.1, -0.05) is 0 Å². The number of amides is 1. The Labute approximate surface area is 113 Å². The van der Waals surface area contributed by atoms with E-state index in [4.69, 9.17) is 10.5 Å². The van der Waals surface area contributed by atoms with Crippen LogP contribution in [0, 0.1) is 5.92 Å². The van der Waals surface area contributed by atoms with Gasteiger partial charge in [0, 0.05) is 24.5 Å². The Morgan fingerprint density at radius 3 is 2.89 bits per heavy atom. The summed E-state index contributed by atoms with van der Waals surface area (Å²) in [7, 11) is 0. The SMILES string of the molecule is CC1(CNC(=O)C(N)C2CCOCC2)CCCS1. The number of rotatable bonds is 4. The van der Waals surface area contributed by atoms with Crippen molar-refractivity contribution in [1.29, 1.82) is 0 Å². The molecule has 0 aromatic heterocycles. The van der Waals surface area contributed by atoms with Crippen molar-refractivity contribution >= 4 is 17.7 Å². The van der Waals surface area contributed by atoms with E-state index in [2.05, 4.69) is 12.2 Å². The fourth-order valence-electron chi connectivity index (χ4n) is 2.66. The number of hydrogen-bond acceptors (Lipinski definition) is 4. The van der Waals surface area contributed by atoms with Crippen molar-refractivity contribution in [1.82, 2.24) is 5.32 Å². The predicted molar refractivity (Wildman–Crippen MR) is 74.6 cm³/mol. The molecule has 104 valence electrons. The largest absolute Gasteiger partial charge is 0.381 e. The Morgan fingerprint density at radius 2 is 2.28 bits per heavy atom. The topological polar surface area (TPSA) is 64.4 Å². The van der Waals surface area contributed by atoms with Crippen LogP contribution in [0.25, 0.3) is 0 Å². The molecule has 0 saturated carbocycles. The van der Waals surface area contributed by atoms with Gasteiger partial charge >= 0.3 is 0 Å². The highest BCUT2D eigenvalue weighted by Crippen LogP contribution is 2.36. The number of nitrogens with one attached hydrogen (secondary N) is 1. The minimum Gasteiger partial charge on any atom is -0.381 e. The summed E-state index contributed by atoms with van der Waals surface area (Å²) in [5.74, 6) is 1.50. The van der Waals surface area contributed by atoms with E-state index in [0.717, 1.165) is 32.6 Å². The van der Waals surface area contributed by atoms with Crippen molar-refractivity contribution in [2.24, 2.45) is 11.7 Å². The first-order valence-corrected chi connectivity index (χ1v) is 7.84. The molecular formula is C13H24N2O2S. The fourth-order valence-corrected chi connectivity index (χ4v) is 3.90. The Balaban J connectivity index is 1.76. The van der Waals surface area contributed by atoms with Crippen LogP contribution in [-0.2, 0) is 9.53 Å². The third-order valence-electron chi connectivity index (χ3n) is 4.01. The van der Waals surface area contributed by atoms with Gasteiger partial charge in [0.05, 0.1) is 6.04 Å². The predicted octanol–water partition coefficient (Wildman–Crippen LogP) is 1.14. The second-order valence-electron chi connectivity index (χ2n) is 5.60. The maximum Gasteiger partial charge on any atom is 0.237 e. The molecule has 2 heterocycles. The third-order valence-corrected chi connectivity index (χ3v) is 5.55. The lowest BCUT2D eigenvalue weighted by molar-refractivity contribution is -0.124. The molecule has 18 heavy (non-hydrogen) atoms. The number of carbonyl (C=O) groups is 1. The van der Waals surface area contributed by atoms with Crippen molar-refractivity contribution in [2.45, 2.75) is 43.4 Å². The molecule has 0 aromatic carbocycles. The normalized spacial score (nSPS) is 31.2. The lowest BCUT2D eigenvalue weighted by atomic mass is 9.91. The minimum atomic E-state index is -0.371. The summed E-state index contributed by atoms with van der Waals surface area (Å²) in [5.41, 5.74) is 6.05. The van der Waals surface area contributed by atoms with Crippen LogP contribution in [0.3, 0.4) is 0 Å². The Kier molecular flexibility index (Phi) is 4.92. The van der Waals surface area contributed by atoms with Gasteiger partial charge in [-0.05, 0) is 44.3 Å². The number of hydrogen-bond donors (Lipinski definition) is 2. The number of carbonyl (C=O) groups excluding carboxylic acids is 1. The monoisotopic (exact) mass is 272 g/mol. The summed E-state index contributed by atoms with van der Waals surface area (Å²) in [6.45, 7) is 4.44. The van der Waals surface area contributed by atoms with Gasteiger partial charge in [-0.15, -0.1) is 0 Å². The average molecular weight is 272 g/mol. The maximum absolute atomic E-state index is 12.1. The second-order valence-corrected chi connectivity index (χ2v) is 7.28. The van der Waals surface area contributed by atoms with E-state index in [1.54, 1.807) is 0 Å². The van der Waals surface area contributed by atoms with Gasteiger partial charge in [-0.2, -0.15) is 11.8 Å². The van der Waals surface area contributed by atoms with Crippen LogP contribution >= 0.6 is 11.8 Å². The molecule has 1 amide bonds. The molecule has 0 aromatic rings. The summed E-state index contributed by atoms with van der Waals surface area (Å²) in [4.78, 5) is 12.1. The van der Waals surface area contributed by atoms with Gasteiger partial charge < -0.3 is 15.8 Å². The van der Waals surface area contributed by atoms with Crippen LogP contribution in [-0.4, -0.2) is 42.2 Å². The van der Waals surface area contributed by atoms with Crippen LogP contribution in [0.5, 0.6) is 0 Å². The van der Waals surface area contributed by atoms with Crippen LogP contribution in [0.1, 0.15) is 32.6 Å². The van der Waals surface area contributed by atoms with Gasteiger partial charge in [0.25, 0.3) is 0 Å². The lowest BCUT2D eigenvalue weighted by Crippen LogP contribution is -2.49. The summed E-state index contributed by atoms with van der Waals surface area (Å²) >= 11 is 1.96. The molecule has 5 heteroatoms. The Bertz CT molecular complexity index is 287. The van der Waals surface area contributed by atoms with Crippen molar-refractivity contribution in [3.63, 3.8) is 0 Å². The lowest BCUT2D eigenvalue weighted by Gasteiger charge is -2.28. The summed E-state index contributed by atoms with van der Waals surface area (Å²) in [5, 5.41) is 3.04. The molecule has 0 spiro atoms. The van der Waals surface area contributed by atoms with Crippen LogP contribution in [0.15, 0.2) is 0 Å². The molecule has 2 atom stereocenters. The van der Waals surface area contributed by atoms with Crippen LogP contribution < -0.4 is 11.1 Å². The molecule has 0 aliphatic carbocycles. The van der Waals surface area contributed by atoms with Crippen molar-refractivity contribution in [2.75, 3.05) is 25.5 Å². The molecule has 4 nitrogen and oxygen atoms in total. The third kappa shape index (κ3) is 3.62. The number of thioether (sulfide) groups is 1. The second kappa shape index (κ2) is 6.26. The molecule has 2 fully saturated rings. The first-order valence-electron chi connectivity index (χ1n) is 6.86. The zero-order valence-corrected chi connectivity index (χ0v) is 11.9. The van der Waals surface area contributed by atoms with Crippen molar-refractivity contribution in [3.05, 3.63) is 0 Å². The molecule has 2 rings (SSSR count). The van der Waals surface area contributed by atoms with E-state index in [-0.39, 0.29) is 22.6 Å². The highest BCUT2D eigenvalue weighted by molar-refractivity contribution is 8.00. The Hall–Kier alpha value is -0.260. The molecule has 2 saturated heterocycles. The molecule has 0 bridgehead atoms. The average Bonchev–Trinajstić information content (AvgIpc) is 2.83. The molecule has 2 aliphatic rings. The number of nitrogens with two attached hydrogens (primary N) is 1. The zero-order valence-electron chi connectivity index (χ0n) is 11.1. The standard InChI is InChI=1S/C13H24N2O2S/c1-13(5-2-8-18-13)9-15-12(16)11(14)10-3-6-17-7-4-10/h10-11H,2-9,14H2,1H3,(H,15,16). The molecule has 2 unspecified atom stereocenters. The van der Waals surface area contributed by atoms with Crippen molar-refractivity contribution in [3.8, 4) is 0 Å². The highest BCUT2D eigenvalue weighted by Gasteiger charge is 2.32. The highest BCUT2D eigenvalue weighted by atomic mass is 32.2. The molecule has 3 N–H and O–H groups in total. The summed E-state index contributed by atoms with van der Waals surface area (Å²) in [6.07, 6.45) is 4.24. The van der Waals surface area contributed by atoms with E-state index in [9.17, 15) is 4.79 Å². The molecule has 0 radical (unpaired) electrons. The van der Waals surface area contributed by atoms with Gasteiger partial charge in [0.1, 0.15) is 0 Å². The first kappa shape index (κ1) is 14.2. The first-order chi connectivity index (χ1) is 8.61. The van der Waals surface area contributed by atoms with Crippen LogP contribution in [0.4, 0.5) is 0 Å². The fraction of sp³-hybridized carbons (Fsp3) is 0.923. The van der Waals surface area contributed by atoms with E-state index in [1.807, 2.05) is 11.8 Å². The summed E-state index contributed by atoms with van der Waals surface area (Å²) < 4.78 is 5.51. The van der Waals surface area contributed by atoms with Gasteiger partial charge in [0.2, 0.25) is 5.91 Å². The van der Waals surface area contributed by atoms with E-state index < -0.39 is 0 Å². The maximum atomic E-state index is 12.1. The number of ether oxygens (including phenoxy) is 1. The van der Waals surface area contributed by atoms with Crippen LogP contribution in [0.2, 0.25) is 0 Å². The van der Waals surface area contributed by atoms with Gasteiger partial charge in [0.15, 0.2) is 0 Å². The Morgan fingerprint density at radius 1 is 1.56 bits per heavy atom. The molecule has 2 aliphatic heterocycles. The minimum absolute atomic E-state index is 0.00984. The van der Waals surface area contributed by atoms with Gasteiger partial charge in [-0.3, -0.25) is 4.79 Å². The van der Waals surface area contributed by atoms with Crippen molar-refractivity contribution < 1.29 is 9.53 Å². The van der Waals surface area contributed by atoms with E-state index in [0.29, 0.717) is 0 Å². The van der Waals surface area contributed by atoms with E-state index in [1.165, 1.54) is 18.6 Å². The quantitative estimate of drug-likeness (QED) is 0.805. The summed E-state index contributed by atoms with van der Waals surface area (Å²) in [6, 6.07) is -0.371. The zero-order chi connectivity index (χ0) is 13.0. The smallest absolute Gasteiger partial charge is 0.237 e. The van der Waals surface area contributed by atoms with Gasteiger partial charge in [-0.25, -0.2) is 0 Å². The molecular weight excluding hydrogens is 248 g/mol. The van der Waals surface area contributed by atoms with E-state index >= 15 is 0 Å².